The van der Waals surface area contributed by atoms with Crippen LogP contribution in [-0.2, 0) is 6.54 Å². The van der Waals surface area contributed by atoms with Gasteiger partial charge in [-0.2, -0.15) is 4.98 Å². The molecule has 1 heterocycles. The van der Waals surface area contributed by atoms with Crippen LogP contribution in [0, 0.1) is 0 Å². The van der Waals surface area contributed by atoms with Crippen molar-refractivity contribution in [2.75, 3.05) is 7.11 Å². The molecule has 0 unspecified atom stereocenters. The number of oxazole rings is 1. The fourth-order valence-corrected chi connectivity index (χ4v) is 1.70. The number of nitrogens with zero attached hydrogens (tertiary/aromatic N) is 1. The summed E-state index contributed by atoms with van der Waals surface area (Å²) in [5.74, 6) is 1.46. The van der Waals surface area contributed by atoms with Crippen molar-refractivity contribution in [2.45, 2.75) is 25.4 Å². The molecule has 1 aliphatic carbocycles. The minimum Gasteiger partial charge on any atom is -0.497 e. The van der Waals surface area contributed by atoms with Crippen LogP contribution in [0.4, 0.5) is 0 Å². The largest absolute Gasteiger partial charge is 0.497 e. The normalized spacial score (nSPS) is 14.4. The first-order chi connectivity index (χ1) is 9.33. The van der Waals surface area contributed by atoms with E-state index in [0.717, 1.165) is 18.0 Å². The van der Waals surface area contributed by atoms with E-state index in [1.54, 1.807) is 13.4 Å². The lowest BCUT2D eigenvalue weighted by molar-refractivity contribution is 0.330. The van der Waals surface area contributed by atoms with E-state index in [1.807, 2.05) is 24.3 Å². The molecule has 3 rings (SSSR count). The number of ether oxygens (including phenoxy) is 2. The molecule has 1 aromatic heterocycles. The molecular weight excluding hydrogens is 244 g/mol. The monoisotopic (exact) mass is 260 g/mol. The summed E-state index contributed by atoms with van der Waals surface area (Å²) in [6.07, 6.45) is 4.40. The van der Waals surface area contributed by atoms with Crippen LogP contribution in [-0.4, -0.2) is 18.1 Å². The van der Waals surface area contributed by atoms with E-state index in [9.17, 15) is 0 Å². The van der Waals surface area contributed by atoms with Crippen molar-refractivity contribution >= 4 is 0 Å². The average Bonchev–Trinajstić information content (AvgIpc) is 3.17. The summed E-state index contributed by atoms with van der Waals surface area (Å²) in [5.41, 5.74) is 0.857. The van der Waals surface area contributed by atoms with Crippen LogP contribution < -0.4 is 14.8 Å². The van der Waals surface area contributed by atoms with E-state index in [0.29, 0.717) is 11.8 Å². The van der Waals surface area contributed by atoms with Gasteiger partial charge in [-0.3, -0.25) is 0 Å². The Morgan fingerprint density at radius 1 is 1.26 bits per heavy atom. The molecule has 1 N–H and O–H groups in total. The highest BCUT2D eigenvalue weighted by Crippen LogP contribution is 2.24. The van der Waals surface area contributed by atoms with Crippen LogP contribution in [0.2, 0.25) is 0 Å². The second kappa shape index (κ2) is 5.32. The Labute approximate surface area is 111 Å². The predicted octanol–water partition coefficient (Wildman–Crippen LogP) is 2.73. The SMILES string of the molecule is COc1ccc(Oc2nc(CNC3CC3)co2)cc1. The zero-order valence-corrected chi connectivity index (χ0v) is 10.8. The topological polar surface area (TPSA) is 56.5 Å². The van der Waals surface area contributed by atoms with Crippen molar-refractivity contribution in [3.63, 3.8) is 0 Å². The first kappa shape index (κ1) is 12.0. The Morgan fingerprint density at radius 3 is 2.68 bits per heavy atom. The highest BCUT2D eigenvalue weighted by Gasteiger charge is 2.20. The van der Waals surface area contributed by atoms with Gasteiger partial charge in [-0.1, -0.05) is 0 Å². The van der Waals surface area contributed by atoms with Gasteiger partial charge in [-0.25, -0.2) is 0 Å². The molecule has 0 radical (unpaired) electrons. The molecule has 0 spiro atoms. The molecule has 1 fully saturated rings. The van der Waals surface area contributed by atoms with Gasteiger partial charge in [0.25, 0.3) is 0 Å². The first-order valence-electron chi connectivity index (χ1n) is 6.33. The number of benzene rings is 1. The Balaban J connectivity index is 1.58. The molecule has 2 aromatic rings. The molecular formula is C14H16N2O3. The second-order valence-corrected chi connectivity index (χ2v) is 4.54. The standard InChI is InChI=1S/C14H16N2O3/c1-17-12-4-6-13(7-5-12)19-14-16-11(9-18-14)8-15-10-2-3-10/h4-7,9-10,15H,2-3,8H2,1H3. The molecule has 1 saturated carbocycles. The zero-order valence-electron chi connectivity index (χ0n) is 10.8. The van der Waals surface area contributed by atoms with Crippen LogP contribution >= 0.6 is 0 Å². The van der Waals surface area contributed by atoms with Gasteiger partial charge in [0.05, 0.1) is 12.8 Å². The summed E-state index contributed by atoms with van der Waals surface area (Å²) in [5, 5.41) is 3.37. The van der Waals surface area contributed by atoms with E-state index in [2.05, 4.69) is 10.3 Å². The fourth-order valence-electron chi connectivity index (χ4n) is 1.70. The molecule has 0 bridgehead atoms. The minimum atomic E-state index is 0.262. The lowest BCUT2D eigenvalue weighted by Crippen LogP contribution is -2.15. The van der Waals surface area contributed by atoms with Crippen LogP contribution in [0.1, 0.15) is 18.5 Å². The van der Waals surface area contributed by atoms with Gasteiger partial charge in [0.2, 0.25) is 0 Å². The van der Waals surface area contributed by atoms with Crippen LogP contribution in [0.15, 0.2) is 34.9 Å². The summed E-state index contributed by atoms with van der Waals surface area (Å²) in [6, 6.07) is 7.93. The highest BCUT2D eigenvalue weighted by molar-refractivity contribution is 5.32. The molecule has 0 atom stereocenters. The molecule has 5 nitrogen and oxygen atoms in total. The molecule has 1 aliphatic rings. The Kier molecular flexibility index (Phi) is 3.37. The predicted molar refractivity (Wildman–Crippen MR) is 69.4 cm³/mol. The number of nitrogens with one attached hydrogen (secondary N) is 1. The molecule has 5 heteroatoms. The summed E-state index contributed by atoms with van der Waals surface area (Å²) >= 11 is 0. The lowest BCUT2D eigenvalue weighted by Gasteiger charge is -2.02. The quantitative estimate of drug-likeness (QED) is 0.865. The smallest absolute Gasteiger partial charge is 0.399 e. The van der Waals surface area contributed by atoms with Crippen molar-refractivity contribution in [3.8, 4) is 17.6 Å². The molecule has 0 aliphatic heterocycles. The maximum Gasteiger partial charge on any atom is 0.399 e. The summed E-state index contributed by atoms with van der Waals surface area (Å²) in [7, 11) is 1.63. The van der Waals surface area contributed by atoms with Crippen LogP contribution in [0.5, 0.6) is 17.6 Å². The number of methoxy groups -OCH3 is 1. The molecule has 19 heavy (non-hydrogen) atoms. The Bertz CT molecular complexity index is 532. The first-order valence-corrected chi connectivity index (χ1v) is 6.33. The molecule has 0 amide bonds. The van der Waals surface area contributed by atoms with E-state index < -0.39 is 0 Å². The summed E-state index contributed by atoms with van der Waals surface area (Å²) < 4.78 is 15.9. The van der Waals surface area contributed by atoms with Gasteiger partial charge < -0.3 is 19.2 Å². The van der Waals surface area contributed by atoms with Crippen LogP contribution in [0.25, 0.3) is 0 Å². The number of rotatable bonds is 6. The second-order valence-electron chi connectivity index (χ2n) is 4.54. The van der Waals surface area contributed by atoms with Gasteiger partial charge in [-0.05, 0) is 37.1 Å². The highest BCUT2D eigenvalue weighted by atomic mass is 16.6. The van der Waals surface area contributed by atoms with Crippen molar-refractivity contribution in [2.24, 2.45) is 0 Å². The maximum atomic E-state index is 5.52. The van der Waals surface area contributed by atoms with Gasteiger partial charge in [0, 0.05) is 12.6 Å². The van der Waals surface area contributed by atoms with E-state index in [4.69, 9.17) is 13.9 Å². The van der Waals surface area contributed by atoms with Crippen molar-refractivity contribution < 1.29 is 13.9 Å². The summed E-state index contributed by atoms with van der Waals surface area (Å²) in [6.45, 7) is 0.722. The number of hydrogen-bond donors (Lipinski definition) is 1. The third kappa shape index (κ3) is 3.26. The molecule has 0 saturated heterocycles. The fraction of sp³-hybridized carbons (Fsp3) is 0.357. The maximum absolute atomic E-state index is 5.52. The van der Waals surface area contributed by atoms with Gasteiger partial charge in [0.1, 0.15) is 17.8 Å². The molecule has 100 valence electrons. The van der Waals surface area contributed by atoms with Crippen molar-refractivity contribution in [1.82, 2.24) is 10.3 Å². The Morgan fingerprint density at radius 2 is 2.00 bits per heavy atom. The molecule has 1 aromatic carbocycles. The zero-order chi connectivity index (χ0) is 13.1. The van der Waals surface area contributed by atoms with Crippen molar-refractivity contribution in [3.05, 3.63) is 36.2 Å². The van der Waals surface area contributed by atoms with E-state index in [1.165, 1.54) is 12.8 Å². The third-order valence-corrected chi connectivity index (χ3v) is 2.94. The summed E-state index contributed by atoms with van der Waals surface area (Å²) in [4.78, 5) is 4.27. The van der Waals surface area contributed by atoms with E-state index in [-0.39, 0.29) is 6.08 Å². The average molecular weight is 260 g/mol. The van der Waals surface area contributed by atoms with E-state index >= 15 is 0 Å². The number of aromatic nitrogens is 1. The lowest BCUT2D eigenvalue weighted by atomic mass is 10.3. The third-order valence-electron chi connectivity index (χ3n) is 2.94. The van der Waals surface area contributed by atoms with Crippen LogP contribution in [0.3, 0.4) is 0 Å². The Hall–Kier alpha value is -2.01. The van der Waals surface area contributed by atoms with Gasteiger partial charge in [0.15, 0.2) is 0 Å². The number of hydrogen-bond acceptors (Lipinski definition) is 5. The van der Waals surface area contributed by atoms with Gasteiger partial charge >= 0.3 is 6.08 Å². The minimum absolute atomic E-state index is 0.262. The van der Waals surface area contributed by atoms with Gasteiger partial charge in [-0.15, -0.1) is 0 Å². The van der Waals surface area contributed by atoms with Crippen molar-refractivity contribution in [1.29, 1.82) is 0 Å².